The van der Waals surface area contributed by atoms with Crippen LogP contribution in [0.25, 0.3) is 0 Å². The lowest BCUT2D eigenvalue weighted by Gasteiger charge is -2.22. The van der Waals surface area contributed by atoms with Crippen LogP contribution in [0, 0.1) is 5.82 Å². The van der Waals surface area contributed by atoms with Crippen LogP contribution in [0.5, 0.6) is 0 Å². The fraction of sp³-hybridized carbons (Fsp3) is 0.250. The molecule has 2 aromatic rings. The molecule has 0 aliphatic carbocycles. The molecule has 106 valence electrons. The first kappa shape index (κ1) is 14.2. The van der Waals surface area contributed by atoms with E-state index in [9.17, 15) is 4.39 Å². The predicted molar refractivity (Wildman–Crippen MR) is 84.8 cm³/mol. The Bertz CT molecular complexity index is 594. The highest BCUT2D eigenvalue weighted by Gasteiger charge is 2.09. The third-order valence-electron chi connectivity index (χ3n) is 3.10. The fourth-order valence-corrected chi connectivity index (χ4v) is 2.11. The molecule has 0 fully saturated rings. The first-order valence-corrected chi connectivity index (χ1v) is 6.49. The Balaban J connectivity index is 2.42. The Hall–Kier alpha value is -2.23. The number of hydrogen-bond acceptors (Lipinski definition) is 3. The molecule has 0 aromatic heterocycles. The average molecular weight is 273 g/mol. The van der Waals surface area contributed by atoms with E-state index >= 15 is 0 Å². The van der Waals surface area contributed by atoms with Gasteiger partial charge in [0.05, 0.1) is 22.7 Å². The predicted octanol–water partition coefficient (Wildman–Crippen LogP) is 3.70. The van der Waals surface area contributed by atoms with Gasteiger partial charge in [0.15, 0.2) is 0 Å². The quantitative estimate of drug-likeness (QED) is 0.916. The lowest BCUT2D eigenvalue weighted by atomic mass is 10.2. The summed E-state index contributed by atoms with van der Waals surface area (Å²) >= 11 is 0. The third-order valence-corrected chi connectivity index (χ3v) is 3.10. The molecule has 3 nitrogen and oxygen atoms in total. The number of halogens is 1. The van der Waals surface area contributed by atoms with Crippen molar-refractivity contribution in [3.63, 3.8) is 0 Å². The van der Waals surface area contributed by atoms with Crippen molar-refractivity contribution in [1.29, 1.82) is 0 Å². The zero-order chi connectivity index (χ0) is 14.7. The van der Waals surface area contributed by atoms with Gasteiger partial charge in [-0.3, -0.25) is 0 Å². The van der Waals surface area contributed by atoms with Crippen molar-refractivity contribution in [1.82, 2.24) is 0 Å². The highest BCUT2D eigenvalue weighted by molar-refractivity contribution is 5.81. The standard InChI is InChI=1S/C16H20FN3/c1-19(2)15-8-6-5-7-13(15)18-14-11-12(17)9-10-16(14)20(3)4/h5-11,18H,1-4H3. The zero-order valence-electron chi connectivity index (χ0n) is 12.3. The van der Waals surface area contributed by atoms with E-state index in [0.29, 0.717) is 0 Å². The number of hydrogen-bond donors (Lipinski definition) is 1. The van der Waals surface area contributed by atoms with Crippen molar-refractivity contribution in [2.24, 2.45) is 0 Å². The van der Waals surface area contributed by atoms with Gasteiger partial charge in [-0.05, 0) is 30.3 Å². The number of nitrogens with one attached hydrogen (secondary N) is 1. The normalized spacial score (nSPS) is 10.2. The van der Waals surface area contributed by atoms with E-state index in [1.165, 1.54) is 12.1 Å². The van der Waals surface area contributed by atoms with Crippen LogP contribution < -0.4 is 15.1 Å². The summed E-state index contributed by atoms with van der Waals surface area (Å²) in [4.78, 5) is 3.98. The molecule has 0 radical (unpaired) electrons. The molecule has 0 atom stereocenters. The molecule has 2 rings (SSSR count). The van der Waals surface area contributed by atoms with Crippen molar-refractivity contribution >= 4 is 22.7 Å². The van der Waals surface area contributed by atoms with Crippen LogP contribution in [0.4, 0.5) is 27.1 Å². The van der Waals surface area contributed by atoms with Crippen molar-refractivity contribution in [2.45, 2.75) is 0 Å². The first-order chi connectivity index (χ1) is 9.49. The fourth-order valence-electron chi connectivity index (χ4n) is 2.11. The monoisotopic (exact) mass is 273 g/mol. The molecule has 2 aromatic carbocycles. The second kappa shape index (κ2) is 5.82. The molecule has 0 saturated carbocycles. The molecule has 0 aliphatic heterocycles. The van der Waals surface area contributed by atoms with E-state index < -0.39 is 0 Å². The Labute approximate surface area is 119 Å². The molecule has 1 N–H and O–H groups in total. The number of anilines is 4. The van der Waals surface area contributed by atoms with Gasteiger partial charge in [0.2, 0.25) is 0 Å². The van der Waals surface area contributed by atoms with E-state index in [1.54, 1.807) is 6.07 Å². The summed E-state index contributed by atoms with van der Waals surface area (Å²) in [5.41, 5.74) is 3.71. The van der Waals surface area contributed by atoms with Gasteiger partial charge in [-0.25, -0.2) is 4.39 Å². The van der Waals surface area contributed by atoms with Crippen LogP contribution in [0.3, 0.4) is 0 Å². The lowest BCUT2D eigenvalue weighted by molar-refractivity contribution is 0.628. The third kappa shape index (κ3) is 3.02. The largest absolute Gasteiger partial charge is 0.376 e. The topological polar surface area (TPSA) is 18.5 Å². The number of benzene rings is 2. The summed E-state index contributed by atoms with van der Waals surface area (Å²) in [7, 11) is 7.85. The first-order valence-electron chi connectivity index (χ1n) is 6.49. The van der Waals surface area contributed by atoms with Gasteiger partial charge in [0.1, 0.15) is 5.82 Å². The Morgan fingerprint density at radius 3 is 2.05 bits per heavy atom. The van der Waals surface area contributed by atoms with E-state index in [0.717, 1.165) is 22.7 Å². The smallest absolute Gasteiger partial charge is 0.125 e. The highest BCUT2D eigenvalue weighted by atomic mass is 19.1. The van der Waals surface area contributed by atoms with E-state index in [2.05, 4.69) is 5.32 Å². The van der Waals surface area contributed by atoms with Gasteiger partial charge in [-0.2, -0.15) is 0 Å². The van der Waals surface area contributed by atoms with Crippen LogP contribution in [0.2, 0.25) is 0 Å². The molecule has 0 aliphatic rings. The summed E-state index contributed by atoms with van der Waals surface area (Å²) in [5.74, 6) is -0.250. The minimum atomic E-state index is -0.250. The summed E-state index contributed by atoms with van der Waals surface area (Å²) in [5, 5.41) is 3.32. The van der Waals surface area contributed by atoms with Gasteiger partial charge in [0, 0.05) is 28.2 Å². The minimum absolute atomic E-state index is 0.250. The van der Waals surface area contributed by atoms with Crippen molar-refractivity contribution in [2.75, 3.05) is 43.3 Å². The highest BCUT2D eigenvalue weighted by Crippen LogP contribution is 2.32. The summed E-state index contributed by atoms with van der Waals surface area (Å²) < 4.78 is 13.5. The molecule has 4 heteroatoms. The second-order valence-corrected chi connectivity index (χ2v) is 5.09. The van der Waals surface area contributed by atoms with Crippen LogP contribution in [-0.2, 0) is 0 Å². The zero-order valence-corrected chi connectivity index (χ0v) is 12.3. The second-order valence-electron chi connectivity index (χ2n) is 5.09. The summed E-state index contributed by atoms with van der Waals surface area (Å²) in [6.45, 7) is 0. The van der Waals surface area contributed by atoms with Gasteiger partial charge in [-0.1, -0.05) is 12.1 Å². The number of rotatable bonds is 4. The molecular weight excluding hydrogens is 253 g/mol. The maximum atomic E-state index is 13.5. The van der Waals surface area contributed by atoms with Crippen LogP contribution in [-0.4, -0.2) is 28.2 Å². The van der Waals surface area contributed by atoms with Gasteiger partial charge >= 0.3 is 0 Å². The maximum absolute atomic E-state index is 13.5. The minimum Gasteiger partial charge on any atom is -0.376 e. The molecule has 20 heavy (non-hydrogen) atoms. The molecule has 0 spiro atoms. The molecule has 0 amide bonds. The molecule has 0 heterocycles. The number of para-hydroxylation sites is 2. The van der Waals surface area contributed by atoms with Crippen LogP contribution in [0.15, 0.2) is 42.5 Å². The van der Waals surface area contributed by atoms with Gasteiger partial charge in [0.25, 0.3) is 0 Å². The number of nitrogens with zero attached hydrogens (tertiary/aromatic N) is 2. The van der Waals surface area contributed by atoms with Gasteiger partial charge in [-0.15, -0.1) is 0 Å². The van der Waals surface area contributed by atoms with Crippen molar-refractivity contribution in [3.05, 3.63) is 48.3 Å². The van der Waals surface area contributed by atoms with E-state index in [4.69, 9.17) is 0 Å². The molecule has 0 bridgehead atoms. The molecular formula is C16H20FN3. The maximum Gasteiger partial charge on any atom is 0.125 e. The van der Waals surface area contributed by atoms with Gasteiger partial charge < -0.3 is 15.1 Å². The Morgan fingerprint density at radius 1 is 0.800 bits per heavy atom. The van der Waals surface area contributed by atoms with E-state index in [-0.39, 0.29) is 5.82 Å². The molecule has 0 unspecified atom stereocenters. The summed E-state index contributed by atoms with van der Waals surface area (Å²) in [6, 6.07) is 12.7. The Kier molecular flexibility index (Phi) is 4.13. The van der Waals surface area contributed by atoms with Crippen molar-refractivity contribution < 1.29 is 4.39 Å². The Morgan fingerprint density at radius 2 is 1.40 bits per heavy atom. The average Bonchev–Trinajstić information content (AvgIpc) is 2.38. The van der Waals surface area contributed by atoms with Crippen LogP contribution >= 0.6 is 0 Å². The molecule has 0 saturated heterocycles. The summed E-state index contributed by atoms with van der Waals surface area (Å²) in [6.07, 6.45) is 0. The lowest BCUT2D eigenvalue weighted by Crippen LogP contribution is -2.13. The van der Waals surface area contributed by atoms with Crippen molar-refractivity contribution in [3.8, 4) is 0 Å². The SMILES string of the molecule is CN(C)c1ccccc1Nc1cc(F)ccc1N(C)C. The van der Waals surface area contributed by atoms with E-state index in [1.807, 2.05) is 62.3 Å². The van der Waals surface area contributed by atoms with Crippen LogP contribution in [0.1, 0.15) is 0 Å².